The van der Waals surface area contributed by atoms with Crippen LogP contribution in [0.25, 0.3) is 11.5 Å². The van der Waals surface area contributed by atoms with E-state index in [0.29, 0.717) is 11.3 Å². The van der Waals surface area contributed by atoms with Crippen molar-refractivity contribution in [1.29, 1.82) is 0 Å². The number of nitrogens with zero attached hydrogens (tertiary/aromatic N) is 3. The highest BCUT2D eigenvalue weighted by atomic mass is 35.5. The zero-order valence-corrected chi connectivity index (χ0v) is 9.03. The maximum absolute atomic E-state index is 12.3. The molecule has 9 heteroatoms. The van der Waals surface area contributed by atoms with Gasteiger partial charge < -0.3 is 4.52 Å². The Morgan fingerprint density at radius 3 is 2.62 bits per heavy atom. The third kappa shape index (κ3) is 2.17. The highest BCUT2D eigenvalue weighted by Crippen LogP contribution is 2.33. The SMILES string of the molecule is FC(F)(F)c1nc(-c2noc(CCl)n2)cs1. The van der Waals surface area contributed by atoms with Gasteiger partial charge in [-0.2, -0.15) is 18.2 Å². The molecule has 0 aliphatic rings. The molecule has 0 bridgehead atoms. The van der Waals surface area contributed by atoms with Crippen molar-refractivity contribution in [2.24, 2.45) is 0 Å². The van der Waals surface area contributed by atoms with Crippen LogP contribution in [-0.2, 0) is 12.1 Å². The van der Waals surface area contributed by atoms with Crippen molar-refractivity contribution < 1.29 is 17.7 Å². The molecule has 0 radical (unpaired) electrons. The Morgan fingerprint density at radius 2 is 2.12 bits per heavy atom. The molecule has 0 unspecified atom stereocenters. The Labute approximate surface area is 96.1 Å². The average molecular weight is 270 g/mol. The lowest BCUT2D eigenvalue weighted by Gasteiger charge is -1.98. The van der Waals surface area contributed by atoms with Crippen LogP contribution in [0, 0.1) is 0 Å². The smallest absolute Gasteiger partial charge is 0.338 e. The maximum Gasteiger partial charge on any atom is 0.443 e. The molecular formula is C7H3ClF3N3OS. The predicted molar refractivity (Wildman–Crippen MR) is 50.0 cm³/mol. The number of alkyl halides is 4. The molecule has 0 aliphatic carbocycles. The second-order valence-electron chi connectivity index (χ2n) is 2.68. The topological polar surface area (TPSA) is 51.8 Å². The molecule has 0 N–H and O–H groups in total. The molecule has 4 nitrogen and oxygen atoms in total. The molecule has 0 saturated heterocycles. The second kappa shape index (κ2) is 4.02. The van der Waals surface area contributed by atoms with Crippen molar-refractivity contribution in [3.05, 3.63) is 16.3 Å². The maximum atomic E-state index is 12.3. The van der Waals surface area contributed by atoms with Gasteiger partial charge in [0, 0.05) is 5.38 Å². The highest BCUT2D eigenvalue weighted by Gasteiger charge is 2.35. The van der Waals surface area contributed by atoms with Gasteiger partial charge >= 0.3 is 6.18 Å². The Hall–Kier alpha value is -1.15. The summed E-state index contributed by atoms with van der Waals surface area (Å²) in [6.07, 6.45) is -4.46. The van der Waals surface area contributed by atoms with Gasteiger partial charge in [0.05, 0.1) is 0 Å². The molecule has 2 aromatic heterocycles. The molecule has 16 heavy (non-hydrogen) atoms. The summed E-state index contributed by atoms with van der Waals surface area (Å²) in [5, 5.41) is 3.73. The molecule has 2 rings (SSSR count). The summed E-state index contributed by atoms with van der Waals surface area (Å²) in [4.78, 5) is 7.13. The van der Waals surface area contributed by atoms with E-state index in [9.17, 15) is 13.2 Å². The van der Waals surface area contributed by atoms with Crippen LogP contribution in [-0.4, -0.2) is 15.1 Å². The van der Waals surface area contributed by atoms with Gasteiger partial charge in [0.15, 0.2) is 5.01 Å². The molecule has 0 atom stereocenters. The molecule has 86 valence electrons. The second-order valence-corrected chi connectivity index (χ2v) is 3.81. The number of hydrogen-bond acceptors (Lipinski definition) is 5. The fourth-order valence-electron chi connectivity index (χ4n) is 0.920. The Kier molecular flexibility index (Phi) is 2.85. The van der Waals surface area contributed by atoms with Crippen LogP contribution in [0.2, 0.25) is 0 Å². The van der Waals surface area contributed by atoms with E-state index in [2.05, 4.69) is 19.6 Å². The molecule has 2 heterocycles. The third-order valence-electron chi connectivity index (χ3n) is 1.56. The number of halogens is 4. The van der Waals surface area contributed by atoms with Crippen LogP contribution in [0.3, 0.4) is 0 Å². The van der Waals surface area contributed by atoms with Crippen molar-refractivity contribution in [1.82, 2.24) is 15.1 Å². The van der Waals surface area contributed by atoms with E-state index in [4.69, 9.17) is 11.6 Å². The number of aromatic nitrogens is 3. The lowest BCUT2D eigenvalue weighted by Crippen LogP contribution is -2.03. The Morgan fingerprint density at radius 1 is 1.38 bits per heavy atom. The fraction of sp³-hybridized carbons (Fsp3) is 0.286. The van der Waals surface area contributed by atoms with Crippen molar-refractivity contribution in [2.45, 2.75) is 12.1 Å². The number of rotatable bonds is 2. The van der Waals surface area contributed by atoms with Gasteiger partial charge in [-0.3, -0.25) is 0 Å². The summed E-state index contributed by atoms with van der Waals surface area (Å²) in [6, 6.07) is 0. The first-order valence-corrected chi connectivity index (χ1v) is 5.34. The molecule has 0 spiro atoms. The monoisotopic (exact) mass is 269 g/mol. The van der Waals surface area contributed by atoms with Crippen LogP contribution < -0.4 is 0 Å². The predicted octanol–water partition coefficient (Wildman–Crippen LogP) is 2.95. The normalized spacial score (nSPS) is 12.0. The summed E-state index contributed by atoms with van der Waals surface area (Å²) in [5.74, 6) is 0.143. The van der Waals surface area contributed by atoms with Crippen LogP contribution in [0.1, 0.15) is 10.9 Å². The molecule has 2 aromatic rings. The van der Waals surface area contributed by atoms with E-state index in [1.807, 2.05) is 0 Å². The molecule has 0 saturated carbocycles. The van der Waals surface area contributed by atoms with Gasteiger partial charge in [0.25, 0.3) is 0 Å². The van der Waals surface area contributed by atoms with Gasteiger partial charge in [-0.25, -0.2) is 4.98 Å². The number of hydrogen-bond donors (Lipinski definition) is 0. The number of thiazole rings is 1. The lowest BCUT2D eigenvalue weighted by atomic mass is 10.5. The van der Waals surface area contributed by atoms with Gasteiger partial charge in [0.1, 0.15) is 11.6 Å². The minimum absolute atomic E-state index is 0.00222. The Bertz CT molecular complexity index is 495. The zero-order chi connectivity index (χ0) is 11.8. The molecule has 0 fully saturated rings. The zero-order valence-electron chi connectivity index (χ0n) is 7.45. The summed E-state index contributed by atoms with van der Waals surface area (Å²) in [5.41, 5.74) is 0.0254. The largest absolute Gasteiger partial charge is 0.443 e. The van der Waals surface area contributed by atoms with E-state index in [0.717, 1.165) is 0 Å². The first-order valence-electron chi connectivity index (χ1n) is 3.92. The van der Waals surface area contributed by atoms with Crippen LogP contribution in [0.5, 0.6) is 0 Å². The molecular weight excluding hydrogens is 267 g/mol. The third-order valence-corrected chi connectivity index (χ3v) is 2.67. The highest BCUT2D eigenvalue weighted by molar-refractivity contribution is 7.10. The van der Waals surface area contributed by atoms with E-state index in [1.165, 1.54) is 5.38 Å². The van der Waals surface area contributed by atoms with E-state index >= 15 is 0 Å². The van der Waals surface area contributed by atoms with E-state index < -0.39 is 11.2 Å². The first kappa shape index (κ1) is 11.3. The van der Waals surface area contributed by atoms with Crippen molar-refractivity contribution in [3.63, 3.8) is 0 Å². The summed E-state index contributed by atoms with van der Waals surface area (Å²) in [6.45, 7) is 0. The molecule has 0 aliphatic heterocycles. The van der Waals surface area contributed by atoms with Crippen molar-refractivity contribution >= 4 is 22.9 Å². The lowest BCUT2D eigenvalue weighted by molar-refractivity contribution is -0.137. The van der Waals surface area contributed by atoms with Crippen molar-refractivity contribution in [3.8, 4) is 11.5 Å². The summed E-state index contributed by atoms with van der Waals surface area (Å²) >= 11 is 5.89. The Balaban J connectivity index is 2.31. The van der Waals surface area contributed by atoms with Crippen LogP contribution >= 0.6 is 22.9 Å². The standard InChI is InChI=1S/C7H3ClF3N3OS/c8-1-4-13-5(14-15-4)3-2-16-6(12-3)7(9,10)11/h2H,1H2. The fourth-order valence-corrected chi connectivity index (χ4v) is 1.69. The molecule has 0 amide bonds. The first-order chi connectivity index (χ1) is 7.50. The van der Waals surface area contributed by atoms with Gasteiger partial charge in [-0.05, 0) is 0 Å². The summed E-state index contributed by atoms with van der Waals surface area (Å²) in [7, 11) is 0. The average Bonchev–Trinajstić information content (AvgIpc) is 2.85. The minimum Gasteiger partial charge on any atom is -0.338 e. The quantitative estimate of drug-likeness (QED) is 0.787. The molecule has 0 aromatic carbocycles. The summed E-state index contributed by atoms with van der Waals surface area (Å²) < 4.78 is 41.4. The van der Waals surface area contributed by atoms with Crippen LogP contribution in [0.15, 0.2) is 9.90 Å². The van der Waals surface area contributed by atoms with Gasteiger partial charge in [-0.1, -0.05) is 5.16 Å². The van der Waals surface area contributed by atoms with Gasteiger partial charge in [-0.15, -0.1) is 22.9 Å². The van der Waals surface area contributed by atoms with Crippen molar-refractivity contribution in [2.75, 3.05) is 0 Å². The van der Waals surface area contributed by atoms with E-state index in [1.54, 1.807) is 0 Å². The van der Waals surface area contributed by atoms with Gasteiger partial charge in [0.2, 0.25) is 11.7 Å². The minimum atomic E-state index is -4.46. The van der Waals surface area contributed by atoms with Crippen LogP contribution in [0.4, 0.5) is 13.2 Å². The van der Waals surface area contributed by atoms with E-state index in [-0.39, 0.29) is 23.3 Å².